The van der Waals surface area contributed by atoms with Crippen molar-refractivity contribution >= 4 is 46.4 Å². The Balaban J connectivity index is 1.18. The number of ether oxygens (including phenoxy) is 1. The molecule has 0 spiro atoms. The van der Waals surface area contributed by atoms with Crippen molar-refractivity contribution in [3.63, 3.8) is 0 Å². The monoisotopic (exact) mass is 642 g/mol. The van der Waals surface area contributed by atoms with Crippen LogP contribution in [0.4, 0.5) is 20.5 Å². The lowest BCUT2D eigenvalue weighted by atomic mass is 9.87. The number of carbonyl (C=O) groups is 2. The van der Waals surface area contributed by atoms with Gasteiger partial charge in [0.15, 0.2) is 22.7 Å². The number of hydrogen-bond acceptors (Lipinski definition) is 8. The number of oxazole rings is 1. The zero-order chi connectivity index (χ0) is 31.5. The van der Waals surface area contributed by atoms with Crippen molar-refractivity contribution in [1.82, 2.24) is 14.8 Å². The second kappa shape index (κ2) is 14.0. The number of likely N-dealkylation sites (tertiary alicyclic amines) is 1. The zero-order valence-electron chi connectivity index (χ0n) is 25.5. The number of para-hydroxylation sites is 1. The summed E-state index contributed by atoms with van der Waals surface area (Å²) in [5.74, 6) is -0.807. The average Bonchev–Trinajstić information content (AvgIpc) is 3.65. The van der Waals surface area contributed by atoms with Gasteiger partial charge in [-0.1, -0.05) is 18.2 Å². The average molecular weight is 643 g/mol. The molecule has 2 N–H and O–H groups in total. The smallest absolute Gasteiger partial charge is 0.306 e. The molecule has 1 aromatic heterocycles. The number of halogens is 2. The second-order valence-electron chi connectivity index (χ2n) is 12.4. The molecule has 3 aliphatic rings. The van der Waals surface area contributed by atoms with E-state index in [4.69, 9.17) is 9.15 Å². The fourth-order valence-corrected chi connectivity index (χ4v) is 7.82. The van der Waals surface area contributed by atoms with E-state index < -0.39 is 17.6 Å². The quantitative estimate of drug-likeness (QED) is 0.285. The van der Waals surface area contributed by atoms with Gasteiger partial charge in [0.2, 0.25) is 5.91 Å². The highest BCUT2D eigenvalue weighted by Gasteiger charge is 2.39. The standard InChI is InChI=1S/C33H40F2N4O5S/c1-20-4-2-3-5-27(20)36-33-37-30-26(34)16-22(29(35)31(30)44-33)17-28(40)39-23(18-38-12-14-45-15-13-38)8-9-24(39)19-43-25-10-6-21(7-11-25)32(41)42/h2-5,16,21,23-25H,6-15,17-19H2,1H3,(H,36,37)(H,41,42)/t21?,23-,24-,25?/m0/s1. The van der Waals surface area contributed by atoms with Crippen LogP contribution >= 0.6 is 11.8 Å². The predicted molar refractivity (Wildman–Crippen MR) is 169 cm³/mol. The van der Waals surface area contributed by atoms with Crippen LogP contribution in [-0.2, 0) is 20.7 Å². The number of aromatic nitrogens is 1. The van der Waals surface area contributed by atoms with Crippen molar-refractivity contribution in [2.75, 3.05) is 43.1 Å². The number of hydrogen-bond donors (Lipinski definition) is 2. The first-order valence-electron chi connectivity index (χ1n) is 15.8. The van der Waals surface area contributed by atoms with Crippen LogP contribution in [0.1, 0.15) is 49.7 Å². The van der Waals surface area contributed by atoms with Gasteiger partial charge in [0.05, 0.1) is 31.1 Å². The van der Waals surface area contributed by atoms with Crippen LogP contribution in [0.5, 0.6) is 0 Å². The van der Waals surface area contributed by atoms with Crippen molar-refractivity contribution in [3.8, 4) is 0 Å². The minimum atomic E-state index is -0.795. The first-order valence-corrected chi connectivity index (χ1v) is 17.0. The second-order valence-corrected chi connectivity index (χ2v) is 13.6. The lowest BCUT2D eigenvalue weighted by Crippen LogP contribution is -2.50. The molecule has 2 aliphatic heterocycles. The number of thioether (sulfide) groups is 1. The van der Waals surface area contributed by atoms with Crippen molar-refractivity contribution in [1.29, 1.82) is 0 Å². The number of benzene rings is 2. The molecule has 2 atom stereocenters. The van der Waals surface area contributed by atoms with Crippen molar-refractivity contribution in [2.45, 2.75) is 70.1 Å². The maximum Gasteiger partial charge on any atom is 0.306 e. The van der Waals surface area contributed by atoms with Crippen LogP contribution in [0.25, 0.3) is 11.1 Å². The maximum absolute atomic E-state index is 15.8. The summed E-state index contributed by atoms with van der Waals surface area (Å²) in [7, 11) is 0. The molecular weight excluding hydrogens is 602 g/mol. The normalized spacial score (nSPS) is 24.3. The topological polar surface area (TPSA) is 108 Å². The van der Waals surface area contributed by atoms with Crippen molar-refractivity contribution < 1.29 is 32.6 Å². The lowest BCUT2D eigenvalue weighted by Gasteiger charge is -2.36. The van der Waals surface area contributed by atoms with Gasteiger partial charge in [-0.05, 0) is 63.1 Å². The number of aliphatic carboxylic acids is 1. The van der Waals surface area contributed by atoms with Crippen LogP contribution in [0, 0.1) is 24.5 Å². The summed E-state index contributed by atoms with van der Waals surface area (Å²) in [6, 6.07) is 8.21. The third-order valence-corrected chi connectivity index (χ3v) is 10.3. The Bertz CT molecular complexity index is 1520. The first kappa shape index (κ1) is 31.7. The summed E-state index contributed by atoms with van der Waals surface area (Å²) in [5, 5.41) is 12.3. The van der Waals surface area contributed by atoms with Gasteiger partial charge in [-0.15, -0.1) is 0 Å². The van der Waals surface area contributed by atoms with E-state index in [0.29, 0.717) is 38.0 Å². The highest BCUT2D eigenvalue weighted by Crippen LogP contribution is 2.33. The van der Waals surface area contributed by atoms with Gasteiger partial charge in [-0.3, -0.25) is 14.5 Å². The van der Waals surface area contributed by atoms with E-state index in [2.05, 4.69) is 15.2 Å². The third-order valence-electron chi connectivity index (χ3n) is 9.39. The fourth-order valence-electron chi connectivity index (χ4n) is 6.84. The largest absolute Gasteiger partial charge is 0.481 e. The summed E-state index contributed by atoms with van der Waals surface area (Å²) in [6.45, 7) is 4.88. The summed E-state index contributed by atoms with van der Waals surface area (Å²) in [6.07, 6.45) is 3.73. The zero-order valence-corrected chi connectivity index (χ0v) is 26.3. The Hall–Kier alpha value is -3.22. The van der Waals surface area contributed by atoms with Gasteiger partial charge >= 0.3 is 5.97 Å². The van der Waals surface area contributed by atoms with Crippen LogP contribution in [0.2, 0.25) is 0 Å². The van der Waals surface area contributed by atoms with Gasteiger partial charge < -0.3 is 24.5 Å². The molecule has 1 amide bonds. The van der Waals surface area contributed by atoms with Crippen molar-refractivity contribution in [2.24, 2.45) is 5.92 Å². The number of anilines is 2. The maximum atomic E-state index is 15.8. The number of aryl methyl sites for hydroxylation is 1. The Morgan fingerprint density at radius 3 is 2.56 bits per heavy atom. The molecule has 1 saturated carbocycles. The highest BCUT2D eigenvalue weighted by atomic mass is 32.2. The molecular formula is C33H40F2N4O5S. The van der Waals surface area contributed by atoms with E-state index in [9.17, 15) is 14.7 Å². The number of carboxylic acid groups (broad SMARTS) is 1. The predicted octanol–water partition coefficient (Wildman–Crippen LogP) is 5.77. The summed E-state index contributed by atoms with van der Waals surface area (Å²) >= 11 is 1.92. The lowest BCUT2D eigenvalue weighted by molar-refractivity contribution is -0.144. The fraction of sp³-hybridized carbons (Fsp3) is 0.545. The summed E-state index contributed by atoms with van der Waals surface area (Å²) in [4.78, 5) is 33.7. The van der Waals surface area contributed by atoms with Crippen LogP contribution in [0.15, 0.2) is 34.7 Å². The van der Waals surface area contributed by atoms with Gasteiger partial charge in [0, 0.05) is 48.4 Å². The van der Waals surface area contributed by atoms with Gasteiger partial charge in [-0.2, -0.15) is 16.7 Å². The van der Waals surface area contributed by atoms with Crippen LogP contribution in [0.3, 0.4) is 0 Å². The van der Waals surface area contributed by atoms with E-state index in [1.807, 2.05) is 47.9 Å². The number of nitrogens with one attached hydrogen (secondary N) is 1. The molecule has 3 heterocycles. The Kier molecular flexibility index (Phi) is 9.91. The van der Waals surface area contributed by atoms with E-state index in [1.54, 1.807) is 0 Å². The summed E-state index contributed by atoms with van der Waals surface area (Å²) in [5.41, 5.74) is 0.994. The number of carboxylic acids is 1. The number of nitrogens with zero attached hydrogens (tertiary/aromatic N) is 3. The molecule has 0 radical (unpaired) electrons. The molecule has 3 aromatic rings. The number of amides is 1. The molecule has 2 aromatic carbocycles. The number of rotatable bonds is 10. The highest BCUT2D eigenvalue weighted by molar-refractivity contribution is 7.99. The molecule has 0 bridgehead atoms. The molecule has 9 nitrogen and oxygen atoms in total. The van der Waals surface area contributed by atoms with E-state index >= 15 is 8.78 Å². The number of fused-ring (bicyclic) bond motifs is 1. The minimum Gasteiger partial charge on any atom is -0.481 e. The van der Waals surface area contributed by atoms with Crippen LogP contribution < -0.4 is 5.32 Å². The Morgan fingerprint density at radius 1 is 1.09 bits per heavy atom. The van der Waals surface area contributed by atoms with Gasteiger partial charge in [0.25, 0.3) is 6.01 Å². The molecule has 2 saturated heterocycles. The first-order chi connectivity index (χ1) is 21.8. The SMILES string of the molecule is Cc1ccccc1Nc1nc2c(F)cc(CC(=O)N3[C@H](COC4CCC(C(=O)O)CC4)CC[C@H]3CN3CCSCC3)c(F)c2o1. The molecule has 0 unspecified atom stereocenters. The third kappa shape index (κ3) is 7.28. The van der Waals surface area contributed by atoms with Gasteiger partial charge in [-0.25, -0.2) is 8.78 Å². The summed E-state index contributed by atoms with van der Waals surface area (Å²) < 4.78 is 42.9. The molecule has 3 fully saturated rings. The van der Waals surface area contributed by atoms with E-state index in [0.717, 1.165) is 55.6 Å². The van der Waals surface area contributed by atoms with E-state index in [1.165, 1.54) is 0 Å². The number of carbonyl (C=O) groups excluding carboxylic acids is 1. The molecule has 6 rings (SSSR count). The van der Waals surface area contributed by atoms with Crippen molar-refractivity contribution in [3.05, 3.63) is 53.1 Å². The van der Waals surface area contributed by atoms with Crippen LogP contribution in [-0.4, -0.2) is 87.7 Å². The molecule has 242 valence electrons. The molecule has 45 heavy (non-hydrogen) atoms. The Labute approximate surface area is 265 Å². The molecule has 12 heteroatoms. The molecule has 1 aliphatic carbocycles. The van der Waals surface area contributed by atoms with E-state index in [-0.39, 0.29) is 59.1 Å². The Morgan fingerprint density at radius 2 is 1.82 bits per heavy atom. The van der Waals surface area contributed by atoms with Gasteiger partial charge in [0.1, 0.15) is 0 Å². The minimum absolute atomic E-state index is 0.0329.